The SMILES string of the molecule is COc1ccc2nc3c(c(C#N)c2c1)CN(C)CC3. The molecule has 1 aromatic heterocycles. The standard InChI is InChI=1S/C15H15N3O/c1-18-6-5-15-13(9-18)12(8-16)11-7-10(19-2)3-4-14(11)17-15/h3-4,7H,5-6,9H2,1-2H3. The van der Waals surface area contributed by atoms with E-state index in [9.17, 15) is 5.26 Å². The maximum atomic E-state index is 9.50. The molecule has 0 saturated heterocycles. The monoisotopic (exact) mass is 253 g/mol. The highest BCUT2D eigenvalue weighted by atomic mass is 16.5. The Hall–Kier alpha value is -2.12. The molecule has 96 valence electrons. The average molecular weight is 253 g/mol. The number of fused-ring (bicyclic) bond motifs is 2. The Balaban J connectivity index is 2.31. The summed E-state index contributed by atoms with van der Waals surface area (Å²) >= 11 is 0. The second kappa shape index (κ2) is 4.52. The number of nitriles is 1. The number of methoxy groups -OCH3 is 1. The molecule has 0 aliphatic carbocycles. The molecule has 1 aliphatic rings. The van der Waals surface area contributed by atoms with E-state index >= 15 is 0 Å². The summed E-state index contributed by atoms with van der Waals surface area (Å²) in [6.07, 6.45) is 0.905. The molecule has 0 atom stereocenters. The maximum absolute atomic E-state index is 9.50. The summed E-state index contributed by atoms with van der Waals surface area (Å²) in [5.74, 6) is 0.759. The summed E-state index contributed by atoms with van der Waals surface area (Å²) in [6.45, 7) is 1.78. The number of nitrogens with zero attached hydrogens (tertiary/aromatic N) is 3. The number of ether oxygens (including phenoxy) is 1. The van der Waals surface area contributed by atoms with Crippen LogP contribution in [-0.2, 0) is 13.0 Å². The van der Waals surface area contributed by atoms with Crippen LogP contribution in [0.15, 0.2) is 18.2 Å². The van der Waals surface area contributed by atoms with Crippen molar-refractivity contribution in [3.8, 4) is 11.8 Å². The van der Waals surface area contributed by atoms with Crippen molar-refractivity contribution in [1.29, 1.82) is 5.26 Å². The van der Waals surface area contributed by atoms with Crippen LogP contribution in [0.25, 0.3) is 10.9 Å². The lowest BCUT2D eigenvalue weighted by Gasteiger charge is -2.25. The first-order chi connectivity index (χ1) is 9.22. The van der Waals surface area contributed by atoms with Crippen molar-refractivity contribution in [3.63, 3.8) is 0 Å². The third kappa shape index (κ3) is 1.92. The van der Waals surface area contributed by atoms with Crippen LogP contribution < -0.4 is 4.74 Å². The molecule has 0 radical (unpaired) electrons. The van der Waals surface area contributed by atoms with E-state index in [0.29, 0.717) is 0 Å². The summed E-state index contributed by atoms with van der Waals surface area (Å²) in [5.41, 5.74) is 3.75. The van der Waals surface area contributed by atoms with Gasteiger partial charge in [0.05, 0.1) is 18.2 Å². The number of rotatable bonds is 1. The largest absolute Gasteiger partial charge is 0.497 e. The van der Waals surface area contributed by atoms with Crippen LogP contribution in [0.2, 0.25) is 0 Å². The van der Waals surface area contributed by atoms with Crippen molar-refractivity contribution in [3.05, 3.63) is 35.0 Å². The minimum absolute atomic E-state index is 0.741. The van der Waals surface area contributed by atoms with Gasteiger partial charge in [0.15, 0.2) is 0 Å². The highest BCUT2D eigenvalue weighted by Crippen LogP contribution is 2.29. The molecule has 1 aliphatic heterocycles. The molecule has 0 bridgehead atoms. The summed E-state index contributed by atoms with van der Waals surface area (Å²) in [7, 11) is 3.70. The van der Waals surface area contributed by atoms with Crippen LogP contribution in [-0.4, -0.2) is 30.6 Å². The second-order valence-electron chi connectivity index (χ2n) is 4.89. The van der Waals surface area contributed by atoms with Crippen molar-refractivity contribution in [2.75, 3.05) is 20.7 Å². The van der Waals surface area contributed by atoms with Crippen LogP contribution in [0.5, 0.6) is 5.75 Å². The van der Waals surface area contributed by atoms with E-state index < -0.39 is 0 Å². The Labute approximate surface area is 112 Å². The van der Waals surface area contributed by atoms with Crippen molar-refractivity contribution in [2.24, 2.45) is 0 Å². The number of pyridine rings is 1. The van der Waals surface area contributed by atoms with E-state index in [1.807, 2.05) is 18.2 Å². The van der Waals surface area contributed by atoms with E-state index in [1.165, 1.54) is 0 Å². The minimum Gasteiger partial charge on any atom is -0.497 e. The van der Waals surface area contributed by atoms with E-state index in [2.05, 4.69) is 18.0 Å². The van der Waals surface area contributed by atoms with Gasteiger partial charge in [-0.3, -0.25) is 4.98 Å². The first-order valence-electron chi connectivity index (χ1n) is 6.31. The topological polar surface area (TPSA) is 49.1 Å². The predicted molar refractivity (Wildman–Crippen MR) is 73.0 cm³/mol. The van der Waals surface area contributed by atoms with Gasteiger partial charge in [-0.05, 0) is 25.2 Å². The molecule has 4 nitrogen and oxygen atoms in total. The van der Waals surface area contributed by atoms with Crippen LogP contribution in [0.4, 0.5) is 0 Å². The Morgan fingerprint density at radius 3 is 3.00 bits per heavy atom. The number of hydrogen-bond acceptors (Lipinski definition) is 4. The summed E-state index contributed by atoms with van der Waals surface area (Å²) in [5, 5.41) is 10.4. The van der Waals surface area contributed by atoms with Gasteiger partial charge in [-0.15, -0.1) is 0 Å². The highest BCUT2D eigenvalue weighted by Gasteiger charge is 2.20. The molecular weight excluding hydrogens is 238 g/mol. The maximum Gasteiger partial charge on any atom is 0.119 e. The van der Waals surface area contributed by atoms with E-state index in [1.54, 1.807) is 7.11 Å². The molecule has 1 aromatic carbocycles. The molecule has 0 amide bonds. The van der Waals surface area contributed by atoms with Gasteiger partial charge >= 0.3 is 0 Å². The fourth-order valence-corrected chi connectivity index (χ4v) is 2.61. The lowest BCUT2D eigenvalue weighted by atomic mass is 9.97. The molecule has 2 heterocycles. The van der Waals surface area contributed by atoms with E-state index in [0.717, 1.165) is 53.0 Å². The van der Waals surface area contributed by atoms with Crippen LogP contribution in [0, 0.1) is 11.3 Å². The Kier molecular flexibility index (Phi) is 2.84. The predicted octanol–water partition coefficient (Wildman–Crippen LogP) is 2.10. The molecule has 0 spiro atoms. The first-order valence-corrected chi connectivity index (χ1v) is 6.31. The molecule has 4 heteroatoms. The van der Waals surface area contributed by atoms with Crippen LogP contribution in [0.1, 0.15) is 16.8 Å². The lowest BCUT2D eigenvalue weighted by Crippen LogP contribution is -2.28. The lowest BCUT2D eigenvalue weighted by molar-refractivity contribution is 0.310. The van der Waals surface area contributed by atoms with Gasteiger partial charge < -0.3 is 9.64 Å². The van der Waals surface area contributed by atoms with Crippen LogP contribution in [0.3, 0.4) is 0 Å². The molecule has 0 saturated carbocycles. The van der Waals surface area contributed by atoms with Gasteiger partial charge in [-0.25, -0.2) is 0 Å². The third-order valence-corrected chi connectivity index (χ3v) is 3.65. The van der Waals surface area contributed by atoms with Gasteiger partial charge in [-0.1, -0.05) is 0 Å². The molecule has 3 rings (SSSR count). The Morgan fingerprint density at radius 1 is 1.42 bits per heavy atom. The summed E-state index contributed by atoms with van der Waals surface area (Å²) in [4.78, 5) is 6.92. The molecular formula is C15H15N3O. The van der Waals surface area contributed by atoms with Gasteiger partial charge in [0.25, 0.3) is 0 Å². The first kappa shape index (κ1) is 11.9. The number of hydrogen-bond donors (Lipinski definition) is 0. The van der Waals surface area contributed by atoms with E-state index in [4.69, 9.17) is 9.72 Å². The third-order valence-electron chi connectivity index (χ3n) is 3.65. The number of aromatic nitrogens is 1. The molecule has 19 heavy (non-hydrogen) atoms. The number of likely N-dealkylation sites (N-methyl/N-ethyl adjacent to an activating group) is 1. The summed E-state index contributed by atoms with van der Waals surface area (Å²) < 4.78 is 5.24. The quantitative estimate of drug-likeness (QED) is 0.781. The van der Waals surface area contributed by atoms with Crippen molar-refractivity contribution in [2.45, 2.75) is 13.0 Å². The van der Waals surface area contributed by atoms with Gasteiger partial charge in [-0.2, -0.15) is 5.26 Å². The highest BCUT2D eigenvalue weighted by molar-refractivity contribution is 5.87. The minimum atomic E-state index is 0.741. The summed E-state index contributed by atoms with van der Waals surface area (Å²) in [6, 6.07) is 8.06. The van der Waals surface area contributed by atoms with Crippen LogP contribution >= 0.6 is 0 Å². The van der Waals surface area contributed by atoms with Gasteiger partial charge in [0.2, 0.25) is 0 Å². The van der Waals surface area contributed by atoms with E-state index in [-0.39, 0.29) is 0 Å². The zero-order valence-corrected chi connectivity index (χ0v) is 11.1. The zero-order chi connectivity index (χ0) is 13.4. The zero-order valence-electron chi connectivity index (χ0n) is 11.1. The number of benzene rings is 1. The Morgan fingerprint density at radius 2 is 2.26 bits per heavy atom. The molecule has 0 unspecified atom stereocenters. The second-order valence-corrected chi connectivity index (χ2v) is 4.89. The Bertz CT molecular complexity index is 688. The van der Waals surface area contributed by atoms with Crippen molar-refractivity contribution >= 4 is 10.9 Å². The normalized spacial score (nSPS) is 15.0. The average Bonchev–Trinajstić information content (AvgIpc) is 2.44. The van der Waals surface area contributed by atoms with Crippen molar-refractivity contribution in [1.82, 2.24) is 9.88 Å². The molecule has 2 aromatic rings. The van der Waals surface area contributed by atoms with Gasteiger partial charge in [0, 0.05) is 36.2 Å². The fraction of sp³-hybridized carbons (Fsp3) is 0.333. The molecule has 0 fully saturated rings. The van der Waals surface area contributed by atoms with Gasteiger partial charge in [0.1, 0.15) is 11.8 Å². The molecule has 0 N–H and O–H groups in total. The fourth-order valence-electron chi connectivity index (χ4n) is 2.61. The smallest absolute Gasteiger partial charge is 0.119 e. The van der Waals surface area contributed by atoms with Crippen molar-refractivity contribution < 1.29 is 4.74 Å².